The van der Waals surface area contributed by atoms with Crippen LogP contribution >= 0.6 is 0 Å². The molecule has 0 aliphatic carbocycles. The SMILES string of the molecule is CCNC1CN(C2c3ccccc3COc3ccccc32)C1. The van der Waals surface area contributed by atoms with Gasteiger partial charge in [-0.25, -0.2) is 0 Å². The van der Waals surface area contributed by atoms with Gasteiger partial charge in [0.05, 0.1) is 6.04 Å². The maximum atomic E-state index is 6.06. The van der Waals surface area contributed by atoms with E-state index in [1.54, 1.807) is 0 Å². The van der Waals surface area contributed by atoms with Gasteiger partial charge in [0.2, 0.25) is 0 Å². The Morgan fingerprint density at radius 2 is 1.77 bits per heavy atom. The molecule has 114 valence electrons. The molecule has 3 nitrogen and oxygen atoms in total. The van der Waals surface area contributed by atoms with Crippen LogP contribution in [-0.4, -0.2) is 30.6 Å². The molecule has 2 aliphatic rings. The average Bonchev–Trinajstić information content (AvgIpc) is 2.68. The molecular formula is C19H22N2O. The van der Waals surface area contributed by atoms with Gasteiger partial charge in [0.15, 0.2) is 0 Å². The molecule has 0 saturated carbocycles. The number of hydrogen-bond acceptors (Lipinski definition) is 3. The molecule has 1 atom stereocenters. The van der Waals surface area contributed by atoms with Crippen LogP contribution in [0, 0.1) is 0 Å². The van der Waals surface area contributed by atoms with Crippen LogP contribution in [-0.2, 0) is 6.61 Å². The minimum atomic E-state index is 0.310. The molecular weight excluding hydrogens is 272 g/mol. The summed E-state index contributed by atoms with van der Waals surface area (Å²) in [5.74, 6) is 1.02. The molecule has 0 spiro atoms. The Morgan fingerprint density at radius 3 is 2.59 bits per heavy atom. The number of nitrogens with zero attached hydrogens (tertiary/aromatic N) is 1. The summed E-state index contributed by atoms with van der Waals surface area (Å²) in [5.41, 5.74) is 3.99. The molecule has 2 aliphatic heterocycles. The van der Waals surface area contributed by atoms with E-state index in [1.807, 2.05) is 0 Å². The normalized spacial score (nSPS) is 21.2. The van der Waals surface area contributed by atoms with Gasteiger partial charge in [0.25, 0.3) is 0 Å². The summed E-state index contributed by atoms with van der Waals surface area (Å²) >= 11 is 0. The van der Waals surface area contributed by atoms with Crippen LogP contribution in [0.1, 0.15) is 29.7 Å². The summed E-state index contributed by atoms with van der Waals surface area (Å²) < 4.78 is 6.06. The number of rotatable bonds is 3. The highest BCUT2D eigenvalue weighted by Crippen LogP contribution is 2.41. The van der Waals surface area contributed by atoms with Gasteiger partial charge in [-0.2, -0.15) is 0 Å². The van der Waals surface area contributed by atoms with Crippen LogP contribution in [0.3, 0.4) is 0 Å². The van der Waals surface area contributed by atoms with Gasteiger partial charge in [-0.3, -0.25) is 4.90 Å². The lowest BCUT2D eigenvalue weighted by atomic mass is 9.90. The van der Waals surface area contributed by atoms with Crippen molar-refractivity contribution in [3.8, 4) is 5.75 Å². The summed E-state index contributed by atoms with van der Waals surface area (Å²) in [4.78, 5) is 2.56. The van der Waals surface area contributed by atoms with Gasteiger partial charge >= 0.3 is 0 Å². The Kier molecular flexibility index (Phi) is 3.60. The molecule has 2 aromatic carbocycles. The largest absolute Gasteiger partial charge is 0.489 e. The summed E-state index contributed by atoms with van der Waals surface area (Å²) in [7, 11) is 0. The van der Waals surface area contributed by atoms with Crippen molar-refractivity contribution in [2.24, 2.45) is 0 Å². The fourth-order valence-corrected chi connectivity index (χ4v) is 3.63. The van der Waals surface area contributed by atoms with Crippen molar-refractivity contribution in [2.75, 3.05) is 19.6 Å². The molecule has 22 heavy (non-hydrogen) atoms. The van der Waals surface area contributed by atoms with Crippen LogP contribution in [0.25, 0.3) is 0 Å². The number of hydrogen-bond donors (Lipinski definition) is 1. The number of para-hydroxylation sites is 1. The van der Waals surface area contributed by atoms with E-state index in [0.29, 0.717) is 18.7 Å². The third-order valence-electron chi connectivity index (χ3n) is 4.71. The van der Waals surface area contributed by atoms with Crippen molar-refractivity contribution < 1.29 is 4.74 Å². The fraction of sp³-hybridized carbons (Fsp3) is 0.368. The average molecular weight is 294 g/mol. The van der Waals surface area contributed by atoms with E-state index in [1.165, 1.54) is 16.7 Å². The summed E-state index contributed by atoms with van der Waals surface area (Å²) in [6.07, 6.45) is 0. The Balaban J connectivity index is 1.72. The van der Waals surface area contributed by atoms with Crippen molar-refractivity contribution >= 4 is 0 Å². The standard InChI is InChI=1S/C19H22N2O/c1-2-20-15-11-21(12-15)19-16-8-4-3-7-14(16)13-22-18-10-6-5-9-17(18)19/h3-10,15,19-20H,2,11-13H2,1H3. The lowest BCUT2D eigenvalue weighted by Gasteiger charge is -2.45. The smallest absolute Gasteiger partial charge is 0.124 e. The molecule has 2 heterocycles. The van der Waals surface area contributed by atoms with Gasteiger partial charge in [-0.15, -0.1) is 0 Å². The van der Waals surface area contributed by atoms with Gasteiger partial charge in [-0.1, -0.05) is 49.4 Å². The number of nitrogens with one attached hydrogen (secondary N) is 1. The Bertz CT molecular complexity index is 616. The van der Waals surface area contributed by atoms with Gasteiger partial charge < -0.3 is 10.1 Å². The molecule has 1 saturated heterocycles. The first-order chi connectivity index (χ1) is 10.9. The Hall–Kier alpha value is -1.84. The Labute approximate surface area is 131 Å². The molecule has 1 unspecified atom stereocenters. The first kappa shape index (κ1) is 13.8. The van der Waals surface area contributed by atoms with E-state index in [4.69, 9.17) is 4.74 Å². The third-order valence-corrected chi connectivity index (χ3v) is 4.71. The minimum Gasteiger partial charge on any atom is -0.489 e. The monoisotopic (exact) mass is 294 g/mol. The second kappa shape index (κ2) is 5.75. The van der Waals surface area contributed by atoms with E-state index in [9.17, 15) is 0 Å². The number of ether oxygens (including phenoxy) is 1. The number of likely N-dealkylation sites (N-methyl/N-ethyl adjacent to an activating group) is 1. The maximum Gasteiger partial charge on any atom is 0.124 e. The van der Waals surface area contributed by atoms with Crippen molar-refractivity contribution in [3.05, 3.63) is 65.2 Å². The molecule has 3 heteroatoms. The maximum absolute atomic E-state index is 6.06. The van der Waals surface area contributed by atoms with Crippen molar-refractivity contribution in [3.63, 3.8) is 0 Å². The highest BCUT2D eigenvalue weighted by atomic mass is 16.5. The fourth-order valence-electron chi connectivity index (χ4n) is 3.63. The predicted octanol–water partition coefficient (Wildman–Crippen LogP) is 2.96. The van der Waals surface area contributed by atoms with Gasteiger partial charge in [0, 0.05) is 24.7 Å². The molecule has 4 rings (SSSR count). The second-order valence-corrected chi connectivity index (χ2v) is 6.14. The predicted molar refractivity (Wildman–Crippen MR) is 88.1 cm³/mol. The summed E-state index contributed by atoms with van der Waals surface area (Å²) in [6.45, 7) is 6.07. The summed E-state index contributed by atoms with van der Waals surface area (Å²) in [5, 5.41) is 3.54. The zero-order valence-electron chi connectivity index (χ0n) is 13.0. The van der Waals surface area contributed by atoms with Crippen molar-refractivity contribution in [2.45, 2.75) is 25.6 Å². The van der Waals surface area contributed by atoms with Crippen molar-refractivity contribution in [1.82, 2.24) is 10.2 Å². The molecule has 0 radical (unpaired) electrons. The molecule has 2 aromatic rings. The first-order valence-electron chi connectivity index (χ1n) is 8.13. The van der Waals surface area contributed by atoms with E-state index in [2.05, 4.69) is 65.7 Å². The summed E-state index contributed by atoms with van der Waals surface area (Å²) in [6, 6.07) is 18.1. The zero-order valence-corrected chi connectivity index (χ0v) is 13.0. The zero-order chi connectivity index (χ0) is 14.9. The van der Waals surface area contributed by atoms with E-state index < -0.39 is 0 Å². The van der Waals surface area contributed by atoms with E-state index in [0.717, 1.165) is 25.4 Å². The van der Waals surface area contributed by atoms with Crippen LogP contribution in [0.15, 0.2) is 48.5 Å². The third kappa shape index (κ3) is 2.31. The topological polar surface area (TPSA) is 24.5 Å². The van der Waals surface area contributed by atoms with Crippen LogP contribution in [0.5, 0.6) is 5.75 Å². The van der Waals surface area contributed by atoms with Crippen LogP contribution < -0.4 is 10.1 Å². The van der Waals surface area contributed by atoms with E-state index in [-0.39, 0.29) is 0 Å². The van der Waals surface area contributed by atoms with Gasteiger partial charge in [0.1, 0.15) is 12.4 Å². The van der Waals surface area contributed by atoms with Gasteiger partial charge in [-0.05, 0) is 23.7 Å². The first-order valence-corrected chi connectivity index (χ1v) is 8.13. The molecule has 0 amide bonds. The number of benzene rings is 2. The number of likely N-dealkylation sites (tertiary alicyclic amines) is 1. The van der Waals surface area contributed by atoms with Crippen LogP contribution in [0.4, 0.5) is 0 Å². The molecule has 1 N–H and O–H groups in total. The lowest BCUT2D eigenvalue weighted by Crippen LogP contribution is -2.58. The van der Waals surface area contributed by atoms with E-state index >= 15 is 0 Å². The quantitative estimate of drug-likeness (QED) is 0.942. The molecule has 0 aromatic heterocycles. The lowest BCUT2D eigenvalue weighted by molar-refractivity contribution is 0.0940. The number of fused-ring (bicyclic) bond motifs is 2. The van der Waals surface area contributed by atoms with Crippen LogP contribution in [0.2, 0.25) is 0 Å². The molecule has 0 bridgehead atoms. The molecule has 1 fully saturated rings. The van der Waals surface area contributed by atoms with Crippen molar-refractivity contribution in [1.29, 1.82) is 0 Å². The highest BCUT2D eigenvalue weighted by molar-refractivity contribution is 5.46. The highest BCUT2D eigenvalue weighted by Gasteiger charge is 2.36. The Morgan fingerprint density at radius 1 is 1.05 bits per heavy atom. The second-order valence-electron chi connectivity index (χ2n) is 6.14. The minimum absolute atomic E-state index is 0.310.